The molecular weight excluding hydrogens is 297 g/mol. The summed E-state index contributed by atoms with van der Waals surface area (Å²) < 4.78 is 13.5. The molecule has 0 aliphatic heterocycles. The standard InChI is InChI=1S/C13H10FN3O3S/c14-8-6-7(4-5-10(8)17(19)20)12(18)16-13-15-9-2-1-3-11(9)21-13/h4-6H,1-3H2,(H,15,16,18). The molecule has 0 fully saturated rings. The first-order valence-corrected chi connectivity index (χ1v) is 7.10. The largest absolute Gasteiger partial charge is 0.304 e. The van der Waals surface area contributed by atoms with Gasteiger partial charge in [-0.3, -0.25) is 20.2 Å². The number of nitro groups is 1. The van der Waals surface area contributed by atoms with Crippen LogP contribution in [0.15, 0.2) is 18.2 Å². The lowest BCUT2D eigenvalue weighted by Gasteiger charge is -2.02. The second-order valence-corrected chi connectivity index (χ2v) is 5.70. The molecule has 0 bridgehead atoms. The van der Waals surface area contributed by atoms with Crippen molar-refractivity contribution in [3.8, 4) is 0 Å². The van der Waals surface area contributed by atoms with E-state index in [1.165, 1.54) is 22.3 Å². The highest BCUT2D eigenvalue weighted by molar-refractivity contribution is 7.15. The number of halogens is 1. The van der Waals surface area contributed by atoms with Crippen LogP contribution in [0.3, 0.4) is 0 Å². The summed E-state index contributed by atoms with van der Waals surface area (Å²) in [5.74, 6) is -1.56. The van der Waals surface area contributed by atoms with Crippen molar-refractivity contribution in [1.29, 1.82) is 0 Å². The number of carbonyl (C=O) groups excluding carboxylic acids is 1. The minimum atomic E-state index is -1.03. The molecule has 1 aromatic heterocycles. The number of fused-ring (bicyclic) bond motifs is 1. The van der Waals surface area contributed by atoms with E-state index in [-0.39, 0.29) is 5.56 Å². The maximum atomic E-state index is 13.5. The Kier molecular flexibility index (Phi) is 3.38. The summed E-state index contributed by atoms with van der Waals surface area (Å²) in [7, 11) is 0. The van der Waals surface area contributed by atoms with Crippen molar-refractivity contribution in [2.24, 2.45) is 0 Å². The van der Waals surface area contributed by atoms with E-state index in [1.807, 2.05) is 0 Å². The number of thiazole rings is 1. The number of nitro benzene ring substituents is 1. The highest BCUT2D eigenvalue weighted by Gasteiger charge is 2.20. The Morgan fingerprint density at radius 3 is 2.90 bits per heavy atom. The Labute approximate surface area is 122 Å². The molecule has 108 valence electrons. The molecule has 1 aliphatic rings. The number of nitrogens with zero attached hydrogens (tertiary/aromatic N) is 2. The second-order valence-electron chi connectivity index (χ2n) is 4.62. The molecule has 3 rings (SSSR count). The number of amides is 1. The quantitative estimate of drug-likeness (QED) is 0.698. The van der Waals surface area contributed by atoms with Gasteiger partial charge in [-0.1, -0.05) is 0 Å². The summed E-state index contributed by atoms with van der Waals surface area (Å²) in [5.41, 5.74) is 0.374. The fraction of sp³-hybridized carbons (Fsp3) is 0.231. The molecule has 0 saturated carbocycles. The molecule has 8 heteroatoms. The van der Waals surface area contributed by atoms with Gasteiger partial charge in [0.1, 0.15) is 0 Å². The molecule has 1 N–H and O–H groups in total. The molecule has 1 heterocycles. The third kappa shape index (κ3) is 2.62. The lowest BCUT2D eigenvalue weighted by atomic mass is 10.2. The Hall–Kier alpha value is -2.35. The smallest absolute Gasteiger partial charge is 0.298 e. The number of carbonyl (C=O) groups is 1. The van der Waals surface area contributed by atoms with Gasteiger partial charge in [-0.15, -0.1) is 11.3 Å². The molecule has 1 aliphatic carbocycles. The lowest BCUT2D eigenvalue weighted by Crippen LogP contribution is -2.12. The van der Waals surface area contributed by atoms with Crippen molar-refractivity contribution >= 4 is 28.1 Å². The first-order valence-electron chi connectivity index (χ1n) is 6.28. The molecule has 0 unspecified atom stereocenters. The van der Waals surface area contributed by atoms with Gasteiger partial charge in [-0.05, 0) is 31.4 Å². The summed E-state index contributed by atoms with van der Waals surface area (Å²) >= 11 is 1.41. The zero-order valence-electron chi connectivity index (χ0n) is 10.8. The van der Waals surface area contributed by atoms with Gasteiger partial charge in [-0.2, -0.15) is 4.39 Å². The molecule has 0 spiro atoms. The van der Waals surface area contributed by atoms with E-state index in [4.69, 9.17) is 0 Å². The average molecular weight is 307 g/mol. The van der Waals surface area contributed by atoms with Gasteiger partial charge in [0.25, 0.3) is 5.91 Å². The second kappa shape index (κ2) is 5.21. The Bertz CT molecular complexity index is 723. The van der Waals surface area contributed by atoms with Gasteiger partial charge in [0.15, 0.2) is 5.13 Å². The molecule has 0 saturated heterocycles. The third-order valence-corrected chi connectivity index (χ3v) is 4.30. The summed E-state index contributed by atoms with van der Waals surface area (Å²) in [5, 5.41) is 13.6. The van der Waals surface area contributed by atoms with Gasteiger partial charge in [0, 0.05) is 16.5 Å². The Balaban J connectivity index is 1.78. The number of aromatic nitrogens is 1. The number of nitrogens with one attached hydrogen (secondary N) is 1. The number of benzene rings is 1. The van der Waals surface area contributed by atoms with E-state index in [9.17, 15) is 19.3 Å². The monoisotopic (exact) mass is 307 g/mol. The minimum absolute atomic E-state index is 0.0217. The van der Waals surface area contributed by atoms with Gasteiger partial charge < -0.3 is 0 Å². The molecule has 1 aromatic carbocycles. The highest BCUT2D eigenvalue weighted by atomic mass is 32.1. The van der Waals surface area contributed by atoms with E-state index in [0.29, 0.717) is 5.13 Å². The number of hydrogen-bond acceptors (Lipinski definition) is 5. The first-order chi connectivity index (χ1) is 10.0. The summed E-state index contributed by atoms with van der Waals surface area (Å²) in [6.45, 7) is 0. The van der Waals surface area contributed by atoms with Crippen LogP contribution in [0.2, 0.25) is 0 Å². The molecular formula is C13H10FN3O3S. The van der Waals surface area contributed by atoms with Crippen molar-refractivity contribution in [2.45, 2.75) is 19.3 Å². The minimum Gasteiger partial charge on any atom is -0.298 e. The van der Waals surface area contributed by atoms with Crippen LogP contribution in [0.1, 0.15) is 27.3 Å². The topological polar surface area (TPSA) is 85.1 Å². The van der Waals surface area contributed by atoms with Crippen molar-refractivity contribution in [1.82, 2.24) is 4.98 Å². The molecule has 21 heavy (non-hydrogen) atoms. The fourth-order valence-corrected chi connectivity index (χ4v) is 3.25. The van der Waals surface area contributed by atoms with Crippen LogP contribution in [0, 0.1) is 15.9 Å². The van der Waals surface area contributed by atoms with Gasteiger partial charge >= 0.3 is 5.69 Å². The molecule has 1 amide bonds. The highest BCUT2D eigenvalue weighted by Crippen LogP contribution is 2.30. The number of anilines is 1. The molecule has 0 radical (unpaired) electrons. The summed E-state index contributed by atoms with van der Waals surface area (Å²) in [6.07, 6.45) is 2.96. The normalized spacial score (nSPS) is 13.0. The third-order valence-electron chi connectivity index (χ3n) is 3.22. The summed E-state index contributed by atoms with van der Waals surface area (Å²) in [4.78, 5) is 27.2. The van der Waals surface area contributed by atoms with E-state index in [0.717, 1.165) is 37.1 Å². The number of rotatable bonds is 3. The van der Waals surface area contributed by atoms with Crippen molar-refractivity contribution in [2.75, 3.05) is 5.32 Å². The van der Waals surface area contributed by atoms with Crippen molar-refractivity contribution in [3.05, 3.63) is 50.3 Å². The fourth-order valence-electron chi connectivity index (χ4n) is 2.21. The van der Waals surface area contributed by atoms with Crippen molar-refractivity contribution < 1.29 is 14.1 Å². The first kappa shape index (κ1) is 13.6. The zero-order chi connectivity index (χ0) is 15.0. The SMILES string of the molecule is O=C(Nc1nc2c(s1)CCC2)c1ccc([N+](=O)[O-])c(F)c1. The maximum Gasteiger partial charge on any atom is 0.304 e. The van der Waals surface area contributed by atoms with E-state index in [1.54, 1.807) is 0 Å². The molecule has 0 atom stereocenters. The Morgan fingerprint density at radius 1 is 1.43 bits per heavy atom. The Morgan fingerprint density at radius 2 is 2.24 bits per heavy atom. The van der Waals surface area contributed by atoms with Crippen LogP contribution in [0.25, 0.3) is 0 Å². The zero-order valence-corrected chi connectivity index (χ0v) is 11.6. The predicted octanol–water partition coefficient (Wildman–Crippen LogP) is 2.93. The maximum absolute atomic E-state index is 13.5. The lowest BCUT2D eigenvalue weighted by molar-refractivity contribution is -0.387. The van der Waals surface area contributed by atoms with Crippen LogP contribution in [-0.4, -0.2) is 15.8 Å². The van der Waals surface area contributed by atoms with Crippen LogP contribution >= 0.6 is 11.3 Å². The number of hydrogen-bond donors (Lipinski definition) is 1. The van der Waals surface area contributed by atoms with E-state index >= 15 is 0 Å². The molecule has 6 nitrogen and oxygen atoms in total. The van der Waals surface area contributed by atoms with Crippen LogP contribution in [-0.2, 0) is 12.8 Å². The van der Waals surface area contributed by atoms with Crippen molar-refractivity contribution in [3.63, 3.8) is 0 Å². The van der Waals surface area contributed by atoms with E-state index < -0.39 is 22.3 Å². The summed E-state index contributed by atoms with van der Waals surface area (Å²) in [6, 6.07) is 3.05. The average Bonchev–Trinajstić information content (AvgIpc) is 2.98. The van der Waals surface area contributed by atoms with Gasteiger partial charge in [0.2, 0.25) is 5.82 Å². The van der Waals surface area contributed by atoms with Crippen LogP contribution < -0.4 is 5.32 Å². The van der Waals surface area contributed by atoms with Crippen LogP contribution in [0.5, 0.6) is 0 Å². The van der Waals surface area contributed by atoms with Crippen LogP contribution in [0.4, 0.5) is 15.2 Å². The molecule has 2 aromatic rings. The van der Waals surface area contributed by atoms with E-state index in [2.05, 4.69) is 10.3 Å². The predicted molar refractivity (Wildman–Crippen MR) is 75.1 cm³/mol. The van der Waals surface area contributed by atoms with Gasteiger partial charge in [0.05, 0.1) is 10.6 Å². The van der Waals surface area contributed by atoms with Gasteiger partial charge in [-0.25, -0.2) is 4.98 Å². The number of aryl methyl sites for hydroxylation is 2.